The zero-order chi connectivity index (χ0) is 21.1. The molecule has 1 aliphatic rings. The predicted octanol–water partition coefficient (Wildman–Crippen LogP) is 2.70. The number of amides is 2. The summed E-state index contributed by atoms with van der Waals surface area (Å²) in [5.74, 6) is -2.52. The van der Waals surface area contributed by atoms with Gasteiger partial charge in [-0.1, -0.05) is 17.7 Å². The molecule has 0 atom stereocenters. The molecule has 29 heavy (non-hydrogen) atoms. The van der Waals surface area contributed by atoms with Gasteiger partial charge in [0.25, 0.3) is 11.8 Å². The molecule has 9 heteroatoms. The lowest BCUT2D eigenvalue weighted by Crippen LogP contribution is -2.32. The molecule has 0 aromatic heterocycles. The Hall–Kier alpha value is -3.65. The van der Waals surface area contributed by atoms with Crippen LogP contribution < -0.4 is 10.2 Å². The lowest BCUT2D eigenvalue weighted by atomic mass is 10.2. The Morgan fingerprint density at radius 2 is 1.52 bits per heavy atom. The second-order valence-electron chi connectivity index (χ2n) is 5.87. The maximum atomic E-state index is 12.8. The second kappa shape index (κ2) is 8.15. The number of nitrogens with one attached hydrogen (secondary N) is 1. The van der Waals surface area contributed by atoms with Gasteiger partial charge in [-0.3, -0.25) is 9.59 Å². The average Bonchev–Trinajstić information content (AvgIpc) is 2.96. The van der Waals surface area contributed by atoms with Crippen LogP contribution in [0.3, 0.4) is 0 Å². The molecule has 0 saturated carbocycles. The highest BCUT2D eigenvalue weighted by atomic mass is 35.5. The Morgan fingerprint density at radius 1 is 0.897 bits per heavy atom. The van der Waals surface area contributed by atoms with Gasteiger partial charge in [0.2, 0.25) is 0 Å². The van der Waals surface area contributed by atoms with Crippen LogP contribution in [0.2, 0.25) is 0 Å². The van der Waals surface area contributed by atoms with E-state index in [1.54, 1.807) is 12.1 Å². The van der Waals surface area contributed by atoms with Gasteiger partial charge in [0, 0.05) is 5.69 Å². The topological polar surface area (TPSA) is 102 Å². The summed E-state index contributed by atoms with van der Waals surface area (Å²) in [7, 11) is 2.50. The second-order valence-corrected chi connectivity index (χ2v) is 6.25. The number of ether oxygens (including phenoxy) is 2. The van der Waals surface area contributed by atoms with Crippen molar-refractivity contribution < 1.29 is 28.7 Å². The lowest BCUT2D eigenvalue weighted by molar-refractivity contribution is -0.120. The number of carbonyl (C=O) groups is 4. The molecule has 0 radical (unpaired) electrons. The van der Waals surface area contributed by atoms with Gasteiger partial charge < -0.3 is 14.8 Å². The summed E-state index contributed by atoms with van der Waals surface area (Å²) in [6.45, 7) is 0. The van der Waals surface area contributed by atoms with Crippen LogP contribution in [-0.2, 0) is 19.1 Å². The van der Waals surface area contributed by atoms with Gasteiger partial charge in [-0.2, -0.15) is 0 Å². The molecule has 2 aromatic carbocycles. The Bertz CT molecular complexity index is 1050. The molecule has 148 valence electrons. The van der Waals surface area contributed by atoms with Crippen molar-refractivity contribution >= 4 is 46.7 Å². The lowest BCUT2D eigenvalue weighted by Gasteiger charge is -2.16. The van der Waals surface area contributed by atoms with Gasteiger partial charge in [0.1, 0.15) is 10.7 Å². The van der Waals surface area contributed by atoms with E-state index in [1.165, 1.54) is 50.6 Å². The molecule has 1 heterocycles. The van der Waals surface area contributed by atoms with Crippen LogP contribution in [0, 0.1) is 0 Å². The van der Waals surface area contributed by atoms with Crippen molar-refractivity contribution in [2.24, 2.45) is 0 Å². The molecule has 8 nitrogen and oxygen atoms in total. The highest BCUT2D eigenvalue weighted by molar-refractivity contribution is 6.53. The smallest absolute Gasteiger partial charge is 0.337 e. The fraction of sp³-hybridized carbons (Fsp3) is 0.100. The summed E-state index contributed by atoms with van der Waals surface area (Å²) < 4.78 is 9.28. The van der Waals surface area contributed by atoms with Crippen LogP contribution in [0.5, 0.6) is 0 Å². The number of benzene rings is 2. The Balaban J connectivity index is 1.86. The van der Waals surface area contributed by atoms with Gasteiger partial charge >= 0.3 is 11.9 Å². The Labute approximate surface area is 170 Å². The largest absolute Gasteiger partial charge is 0.465 e. The van der Waals surface area contributed by atoms with E-state index in [2.05, 4.69) is 14.8 Å². The Morgan fingerprint density at radius 3 is 2.14 bits per heavy atom. The monoisotopic (exact) mass is 414 g/mol. The summed E-state index contributed by atoms with van der Waals surface area (Å²) in [5.41, 5.74) is 1.01. The maximum Gasteiger partial charge on any atom is 0.337 e. The number of nitrogens with zero attached hydrogens (tertiary/aromatic N) is 1. The van der Waals surface area contributed by atoms with E-state index in [0.29, 0.717) is 11.3 Å². The van der Waals surface area contributed by atoms with Crippen LogP contribution in [0.15, 0.2) is 59.3 Å². The van der Waals surface area contributed by atoms with Crippen molar-refractivity contribution in [3.05, 3.63) is 70.4 Å². The molecule has 0 aliphatic carbocycles. The molecule has 2 amide bonds. The summed E-state index contributed by atoms with van der Waals surface area (Å²) in [6.07, 6.45) is 0. The molecule has 0 fully saturated rings. The molecule has 0 saturated heterocycles. The third kappa shape index (κ3) is 3.83. The number of esters is 2. The zero-order valence-electron chi connectivity index (χ0n) is 15.4. The van der Waals surface area contributed by atoms with E-state index in [0.717, 1.165) is 4.90 Å². The van der Waals surface area contributed by atoms with E-state index >= 15 is 0 Å². The van der Waals surface area contributed by atoms with E-state index in [-0.39, 0.29) is 22.0 Å². The third-order valence-electron chi connectivity index (χ3n) is 4.13. The summed E-state index contributed by atoms with van der Waals surface area (Å²) in [4.78, 5) is 49.4. The number of anilines is 2. The minimum absolute atomic E-state index is 0.119. The molecule has 1 N–H and O–H groups in total. The third-order valence-corrected chi connectivity index (χ3v) is 4.48. The van der Waals surface area contributed by atoms with Crippen molar-refractivity contribution in [1.29, 1.82) is 0 Å². The van der Waals surface area contributed by atoms with Gasteiger partial charge in [-0.15, -0.1) is 0 Å². The van der Waals surface area contributed by atoms with E-state index < -0.39 is 23.8 Å². The number of rotatable bonds is 5. The number of imide groups is 1. The fourth-order valence-electron chi connectivity index (χ4n) is 2.69. The van der Waals surface area contributed by atoms with E-state index in [9.17, 15) is 19.2 Å². The summed E-state index contributed by atoms with van der Waals surface area (Å²) >= 11 is 6.09. The van der Waals surface area contributed by atoms with Crippen molar-refractivity contribution in [1.82, 2.24) is 0 Å². The number of halogens is 1. The summed E-state index contributed by atoms with van der Waals surface area (Å²) in [6, 6.07) is 12.0. The van der Waals surface area contributed by atoms with Gasteiger partial charge in [-0.05, 0) is 42.5 Å². The highest BCUT2D eigenvalue weighted by Gasteiger charge is 2.39. The summed E-state index contributed by atoms with van der Waals surface area (Å²) in [5, 5.41) is 2.50. The number of methoxy groups -OCH3 is 2. The van der Waals surface area contributed by atoms with Gasteiger partial charge in [0.15, 0.2) is 0 Å². The first-order valence-corrected chi connectivity index (χ1v) is 8.67. The highest BCUT2D eigenvalue weighted by Crippen LogP contribution is 2.30. The van der Waals surface area contributed by atoms with Crippen molar-refractivity contribution in [2.45, 2.75) is 0 Å². The minimum Gasteiger partial charge on any atom is -0.465 e. The molecule has 1 aliphatic heterocycles. The molecule has 0 unspecified atom stereocenters. The maximum absolute atomic E-state index is 12.8. The standard InChI is InChI=1S/C20H15ClN2O6/c1-28-19(26)11-6-8-13(9-7-11)22-16-15(21)17(24)23(18(16)25)14-5-3-4-12(10-14)20(27)29-2/h3-10,22H,1-2H3. The number of hydrogen-bond acceptors (Lipinski definition) is 7. The first-order valence-electron chi connectivity index (χ1n) is 8.29. The zero-order valence-corrected chi connectivity index (χ0v) is 16.1. The normalized spacial score (nSPS) is 13.6. The van der Waals surface area contributed by atoms with Crippen LogP contribution in [0.4, 0.5) is 11.4 Å². The van der Waals surface area contributed by atoms with E-state index in [4.69, 9.17) is 11.6 Å². The number of carbonyl (C=O) groups excluding carboxylic acids is 4. The van der Waals surface area contributed by atoms with Crippen LogP contribution in [-0.4, -0.2) is 38.0 Å². The van der Waals surface area contributed by atoms with Crippen LogP contribution >= 0.6 is 11.6 Å². The minimum atomic E-state index is -0.729. The molecule has 3 rings (SSSR count). The molecule has 0 bridgehead atoms. The van der Waals surface area contributed by atoms with Crippen LogP contribution in [0.1, 0.15) is 20.7 Å². The molecular weight excluding hydrogens is 400 g/mol. The van der Waals surface area contributed by atoms with Crippen LogP contribution in [0.25, 0.3) is 0 Å². The Kier molecular flexibility index (Phi) is 5.65. The first-order chi connectivity index (χ1) is 13.9. The fourth-order valence-corrected chi connectivity index (χ4v) is 2.90. The number of hydrogen-bond donors (Lipinski definition) is 1. The van der Waals surface area contributed by atoms with Gasteiger partial charge in [0.05, 0.1) is 31.0 Å². The SMILES string of the molecule is COC(=O)c1ccc(NC2=C(Cl)C(=O)N(c3cccc(C(=O)OC)c3)C2=O)cc1. The average molecular weight is 415 g/mol. The van der Waals surface area contributed by atoms with Gasteiger partial charge in [-0.25, -0.2) is 14.5 Å². The molecular formula is C20H15ClN2O6. The predicted molar refractivity (Wildman–Crippen MR) is 105 cm³/mol. The van der Waals surface area contributed by atoms with Crippen molar-refractivity contribution in [3.8, 4) is 0 Å². The van der Waals surface area contributed by atoms with E-state index in [1.807, 2.05) is 0 Å². The van der Waals surface area contributed by atoms with Crippen molar-refractivity contribution in [2.75, 3.05) is 24.4 Å². The molecule has 0 spiro atoms. The van der Waals surface area contributed by atoms with Crippen molar-refractivity contribution in [3.63, 3.8) is 0 Å². The first kappa shape index (κ1) is 20.1. The quantitative estimate of drug-likeness (QED) is 0.592. The molecule has 2 aromatic rings.